The molecule has 0 aliphatic heterocycles. The van der Waals surface area contributed by atoms with E-state index in [1.807, 2.05) is 32.0 Å². The average Bonchev–Trinajstić information content (AvgIpc) is 2.95. The van der Waals surface area contributed by atoms with Gasteiger partial charge in [-0.15, -0.1) is 11.3 Å². The summed E-state index contributed by atoms with van der Waals surface area (Å²) in [7, 11) is 1.40. The number of carbonyl (C=O) groups is 1. The maximum atomic E-state index is 12.2. The van der Waals surface area contributed by atoms with Gasteiger partial charge in [-0.05, 0) is 55.6 Å². The monoisotopic (exact) mass is 390 g/mol. The molecule has 0 unspecified atom stereocenters. The van der Waals surface area contributed by atoms with E-state index in [9.17, 15) is 4.79 Å². The minimum Gasteiger partial charge on any atom is -0.465 e. The number of anilines is 2. The van der Waals surface area contributed by atoms with Crippen molar-refractivity contribution in [2.75, 3.05) is 17.7 Å². The third-order valence-electron chi connectivity index (χ3n) is 4.24. The van der Waals surface area contributed by atoms with Crippen molar-refractivity contribution in [1.82, 2.24) is 0 Å². The van der Waals surface area contributed by atoms with Crippen molar-refractivity contribution in [2.24, 2.45) is 0 Å². The largest absolute Gasteiger partial charge is 0.465 e. The minimum atomic E-state index is -0.333. The number of para-hydroxylation sites is 1. The summed E-state index contributed by atoms with van der Waals surface area (Å²) in [5.41, 5.74) is 3.83. The third-order valence-corrected chi connectivity index (χ3v) is 5.51. The van der Waals surface area contributed by atoms with E-state index in [1.54, 1.807) is 0 Å². The molecule has 4 nitrogen and oxygen atoms in total. The summed E-state index contributed by atoms with van der Waals surface area (Å²) in [6.45, 7) is 6.23. The van der Waals surface area contributed by atoms with E-state index in [1.165, 1.54) is 24.0 Å². The number of methoxy groups -OCH3 is 1. The van der Waals surface area contributed by atoms with Gasteiger partial charge in [0.2, 0.25) is 0 Å². The number of hydrogen-bond donors (Lipinski definition) is 2. The normalized spacial score (nSPS) is 10.5. The molecule has 0 radical (unpaired) electrons. The lowest BCUT2D eigenvalue weighted by molar-refractivity contribution is 0.0601. The van der Waals surface area contributed by atoms with Crippen LogP contribution in [-0.4, -0.2) is 18.2 Å². The van der Waals surface area contributed by atoms with Crippen LogP contribution < -0.4 is 10.6 Å². The van der Waals surface area contributed by atoms with E-state index in [2.05, 4.69) is 23.6 Å². The summed E-state index contributed by atoms with van der Waals surface area (Å²) in [4.78, 5) is 13.3. The first-order chi connectivity index (χ1) is 12.5. The highest BCUT2D eigenvalue weighted by atomic mass is 32.1. The first kappa shape index (κ1) is 20.4. The fourth-order valence-electron chi connectivity index (χ4n) is 2.89. The van der Waals surface area contributed by atoms with Crippen molar-refractivity contribution in [2.45, 2.75) is 46.5 Å². The van der Waals surface area contributed by atoms with Gasteiger partial charge < -0.3 is 15.4 Å². The zero-order valence-electron chi connectivity index (χ0n) is 15.8. The van der Waals surface area contributed by atoms with Crippen LogP contribution >= 0.6 is 23.6 Å². The van der Waals surface area contributed by atoms with Gasteiger partial charge in [-0.3, -0.25) is 0 Å². The van der Waals surface area contributed by atoms with Crippen LogP contribution in [0.25, 0.3) is 0 Å². The number of carbonyl (C=O) groups excluding carboxylic acids is 1. The van der Waals surface area contributed by atoms with Crippen LogP contribution in [0.5, 0.6) is 0 Å². The Hall–Kier alpha value is -1.92. The molecule has 1 heterocycles. The van der Waals surface area contributed by atoms with Crippen LogP contribution in [0.1, 0.15) is 53.1 Å². The van der Waals surface area contributed by atoms with Crippen LogP contribution in [0.4, 0.5) is 10.7 Å². The van der Waals surface area contributed by atoms with Crippen LogP contribution in [-0.2, 0) is 17.6 Å². The number of nitrogens with one attached hydrogen (secondary N) is 2. The maximum Gasteiger partial charge on any atom is 0.341 e. The summed E-state index contributed by atoms with van der Waals surface area (Å²) in [5, 5.41) is 7.67. The number of unbranched alkanes of at least 4 members (excludes halogenated alkanes) is 1. The van der Waals surface area contributed by atoms with Crippen LogP contribution in [0.15, 0.2) is 24.3 Å². The number of benzene rings is 1. The van der Waals surface area contributed by atoms with Crippen molar-refractivity contribution in [3.8, 4) is 0 Å². The quantitative estimate of drug-likeness (QED) is 0.479. The Bertz CT molecular complexity index is 784. The summed E-state index contributed by atoms with van der Waals surface area (Å²) in [6, 6.07) is 8.17. The first-order valence-corrected chi connectivity index (χ1v) is 10.1. The van der Waals surface area contributed by atoms with E-state index < -0.39 is 0 Å². The molecule has 0 aliphatic rings. The van der Waals surface area contributed by atoms with E-state index in [4.69, 9.17) is 17.0 Å². The fraction of sp³-hybridized carbons (Fsp3) is 0.400. The molecule has 0 atom stereocenters. The molecule has 2 aromatic rings. The van der Waals surface area contributed by atoms with Gasteiger partial charge in [0.25, 0.3) is 0 Å². The molecular weight excluding hydrogens is 364 g/mol. The summed E-state index contributed by atoms with van der Waals surface area (Å²) >= 11 is 7.02. The Balaban J connectivity index is 2.20. The number of aryl methyl sites for hydroxylation is 2. The van der Waals surface area contributed by atoms with Crippen LogP contribution in [0.3, 0.4) is 0 Å². The zero-order chi connectivity index (χ0) is 19.1. The smallest absolute Gasteiger partial charge is 0.341 e. The molecule has 0 amide bonds. The van der Waals surface area contributed by atoms with Crippen molar-refractivity contribution in [3.63, 3.8) is 0 Å². The van der Waals surface area contributed by atoms with Gasteiger partial charge in [-0.1, -0.05) is 38.5 Å². The van der Waals surface area contributed by atoms with Gasteiger partial charge in [0, 0.05) is 10.6 Å². The van der Waals surface area contributed by atoms with Gasteiger partial charge in [0.05, 0.1) is 12.7 Å². The molecule has 0 spiro atoms. The topological polar surface area (TPSA) is 50.4 Å². The Kier molecular flexibility index (Phi) is 7.60. The number of thiophene rings is 1. The molecular formula is C20H26N2O2S2. The fourth-order valence-corrected chi connectivity index (χ4v) is 4.31. The summed E-state index contributed by atoms with van der Waals surface area (Å²) in [5.74, 6) is -0.333. The molecule has 1 aromatic carbocycles. The van der Waals surface area contributed by atoms with E-state index in [-0.39, 0.29) is 5.97 Å². The molecule has 6 heteroatoms. The Morgan fingerprint density at radius 2 is 1.96 bits per heavy atom. The SMILES string of the molecule is CCCCc1ccccc1NC(=S)Nc1sc(C)c(CC)c1C(=O)OC. The molecule has 1 aromatic heterocycles. The lowest BCUT2D eigenvalue weighted by Gasteiger charge is -2.14. The maximum absolute atomic E-state index is 12.2. The second-order valence-corrected chi connectivity index (χ2v) is 7.66. The molecule has 0 fully saturated rings. The second-order valence-electron chi connectivity index (χ2n) is 6.03. The predicted molar refractivity (Wildman–Crippen MR) is 115 cm³/mol. The number of rotatable bonds is 7. The van der Waals surface area contributed by atoms with Gasteiger partial charge >= 0.3 is 5.97 Å². The predicted octanol–water partition coefficient (Wildman–Crippen LogP) is 5.56. The van der Waals surface area contributed by atoms with Crippen LogP contribution in [0, 0.1) is 6.92 Å². The van der Waals surface area contributed by atoms with Crippen molar-refractivity contribution < 1.29 is 9.53 Å². The molecule has 0 aliphatic carbocycles. The average molecular weight is 391 g/mol. The third kappa shape index (κ3) is 4.83. The lowest BCUT2D eigenvalue weighted by atomic mass is 10.1. The number of hydrogen-bond acceptors (Lipinski definition) is 4. The second kappa shape index (κ2) is 9.69. The van der Waals surface area contributed by atoms with Gasteiger partial charge in [-0.25, -0.2) is 4.79 Å². The number of thiocarbonyl (C=S) groups is 1. The van der Waals surface area contributed by atoms with Gasteiger partial charge in [-0.2, -0.15) is 0 Å². The first-order valence-electron chi connectivity index (χ1n) is 8.88. The Morgan fingerprint density at radius 1 is 1.23 bits per heavy atom. The van der Waals surface area contributed by atoms with E-state index >= 15 is 0 Å². The Labute approximate surface area is 165 Å². The highest BCUT2D eigenvalue weighted by Crippen LogP contribution is 2.34. The summed E-state index contributed by atoms with van der Waals surface area (Å²) < 4.78 is 4.96. The van der Waals surface area contributed by atoms with E-state index in [0.717, 1.165) is 46.8 Å². The number of ether oxygens (including phenoxy) is 1. The zero-order valence-corrected chi connectivity index (χ0v) is 17.4. The summed E-state index contributed by atoms with van der Waals surface area (Å²) in [6.07, 6.45) is 4.06. The lowest BCUT2D eigenvalue weighted by Crippen LogP contribution is -2.21. The highest BCUT2D eigenvalue weighted by Gasteiger charge is 2.22. The Morgan fingerprint density at radius 3 is 2.62 bits per heavy atom. The molecule has 26 heavy (non-hydrogen) atoms. The number of esters is 1. The van der Waals surface area contributed by atoms with Crippen molar-refractivity contribution in [3.05, 3.63) is 45.8 Å². The van der Waals surface area contributed by atoms with Gasteiger partial charge in [0.15, 0.2) is 5.11 Å². The van der Waals surface area contributed by atoms with Crippen LogP contribution in [0.2, 0.25) is 0 Å². The van der Waals surface area contributed by atoms with E-state index in [0.29, 0.717) is 10.7 Å². The molecule has 2 N–H and O–H groups in total. The highest BCUT2D eigenvalue weighted by molar-refractivity contribution is 7.80. The molecule has 2 rings (SSSR count). The standard InChI is InChI=1S/C20H26N2O2S2/c1-5-7-10-14-11-8-9-12-16(14)21-20(25)22-18-17(19(23)24-4)15(6-2)13(3)26-18/h8-9,11-12H,5-7,10H2,1-4H3,(H2,21,22,25). The molecule has 0 bridgehead atoms. The minimum absolute atomic E-state index is 0.333. The van der Waals surface area contributed by atoms with Crippen molar-refractivity contribution in [1.29, 1.82) is 0 Å². The molecule has 0 saturated heterocycles. The van der Waals surface area contributed by atoms with Crippen molar-refractivity contribution >= 4 is 45.3 Å². The van der Waals surface area contributed by atoms with Gasteiger partial charge in [0.1, 0.15) is 5.00 Å². The molecule has 140 valence electrons. The molecule has 0 saturated carbocycles.